The second-order valence-corrected chi connectivity index (χ2v) is 7.78. The molecule has 1 aromatic rings. The van der Waals surface area contributed by atoms with Crippen LogP contribution in [0.25, 0.3) is 0 Å². The number of thiocarbonyl (C=S) groups is 1. The molecule has 2 rings (SSSR count). The number of anilines is 1. The van der Waals surface area contributed by atoms with Gasteiger partial charge in [0.1, 0.15) is 4.32 Å². The van der Waals surface area contributed by atoms with Gasteiger partial charge in [-0.1, -0.05) is 41.7 Å². The molecule has 23 heavy (non-hydrogen) atoms. The van der Waals surface area contributed by atoms with Crippen molar-refractivity contribution in [2.45, 2.75) is 20.8 Å². The number of carbonyl (C=O) groups is 1. The van der Waals surface area contributed by atoms with Crippen LogP contribution in [0.4, 0.5) is 5.69 Å². The van der Waals surface area contributed by atoms with Gasteiger partial charge < -0.3 is 15.1 Å². The van der Waals surface area contributed by atoms with Gasteiger partial charge in [-0.25, -0.2) is 0 Å². The highest BCUT2D eigenvalue weighted by Crippen LogP contribution is 2.22. The first kappa shape index (κ1) is 18.2. The molecule has 126 valence electrons. The van der Waals surface area contributed by atoms with Crippen LogP contribution in [0, 0.1) is 20.8 Å². The molecule has 1 amide bonds. The van der Waals surface area contributed by atoms with Crippen molar-refractivity contribution in [3.05, 3.63) is 28.8 Å². The van der Waals surface area contributed by atoms with E-state index in [1.807, 2.05) is 13.8 Å². The van der Waals surface area contributed by atoms with Crippen LogP contribution in [0.15, 0.2) is 12.1 Å². The second kappa shape index (κ2) is 8.13. The first-order valence-corrected chi connectivity index (χ1v) is 9.24. The summed E-state index contributed by atoms with van der Waals surface area (Å²) in [4.78, 5) is 16.7. The topological polar surface area (TPSA) is 35.6 Å². The third kappa shape index (κ3) is 5.19. The van der Waals surface area contributed by atoms with Crippen LogP contribution in [0.5, 0.6) is 0 Å². The molecule has 0 atom stereocenters. The molecule has 1 fully saturated rings. The first-order valence-electron chi connectivity index (χ1n) is 7.85. The van der Waals surface area contributed by atoms with Crippen molar-refractivity contribution in [1.82, 2.24) is 9.80 Å². The molecule has 0 aliphatic carbocycles. The predicted molar refractivity (Wildman–Crippen MR) is 103 cm³/mol. The Balaban J connectivity index is 1.85. The van der Waals surface area contributed by atoms with E-state index in [-0.39, 0.29) is 5.91 Å². The standard InChI is InChI=1S/C17H25N3OS2/c1-12-9-13(2)16(14(3)10-12)18-15(21)11-23-17(22)20-7-5-19(4)6-8-20/h9-10H,5-8,11H2,1-4H3,(H,18,21). The zero-order valence-electron chi connectivity index (χ0n) is 14.3. The highest BCUT2D eigenvalue weighted by atomic mass is 32.2. The lowest BCUT2D eigenvalue weighted by molar-refractivity contribution is -0.113. The minimum atomic E-state index is 0.00142. The van der Waals surface area contributed by atoms with Crippen molar-refractivity contribution in [2.24, 2.45) is 0 Å². The van der Waals surface area contributed by atoms with Gasteiger partial charge in [0.05, 0.1) is 5.75 Å². The van der Waals surface area contributed by atoms with Crippen LogP contribution in [0.3, 0.4) is 0 Å². The summed E-state index contributed by atoms with van der Waals surface area (Å²) in [5.74, 6) is 0.360. The van der Waals surface area contributed by atoms with Gasteiger partial charge in [-0.2, -0.15) is 0 Å². The Morgan fingerprint density at radius 3 is 2.30 bits per heavy atom. The lowest BCUT2D eigenvalue weighted by atomic mass is 10.1. The summed E-state index contributed by atoms with van der Waals surface area (Å²) < 4.78 is 0.825. The average Bonchev–Trinajstić information content (AvgIpc) is 2.49. The van der Waals surface area contributed by atoms with Crippen molar-refractivity contribution < 1.29 is 4.79 Å². The van der Waals surface area contributed by atoms with Gasteiger partial charge in [-0.05, 0) is 38.9 Å². The monoisotopic (exact) mass is 351 g/mol. The fraction of sp³-hybridized carbons (Fsp3) is 0.529. The lowest BCUT2D eigenvalue weighted by Gasteiger charge is -2.33. The Hall–Kier alpha value is -1.11. The molecule has 4 nitrogen and oxygen atoms in total. The molecule has 0 bridgehead atoms. The van der Waals surface area contributed by atoms with E-state index in [0.29, 0.717) is 5.75 Å². The molecule has 6 heteroatoms. The summed E-state index contributed by atoms with van der Waals surface area (Å²) in [6, 6.07) is 4.18. The van der Waals surface area contributed by atoms with Gasteiger partial charge in [-0.15, -0.1) is 0 Å². The van der Waals surface area contributed by atoms with E-state index >= 15 is 0 Å². The third-order valence-electron chi connectivity index (χ3n) is 4.03. The van der Waals surface area contributed by atoms with E-state index in [1.54, 1.807) is 0 Å². The normalized spacial score (nSPS) is 15.6. The molecule has 1 N–H and O–H groups in total. The molecular weight excluding hydrogens is 326 g/mol. The van der Waals surface area contributed by atoms with E-state index in [0.717, 1.165) is 47.3 Å². The van der Waals surface area contributed by atoms with Gasteiger partial charge in [0.2, 0.25) is 5.91 Å². The number of benzene rings is 1. The average molecular weight is 352 g/mol. The van der Waals surface area contributed by atoms with E-state index in [2.05, 4.69) is 41.2 Å². The highest BCUT2D eigenvalue weighted by molar-refractivity contribution is 8.23. The molecule has 0 saturated carbocycles. The molecule has 1 heterocycles. The largest absolute Gasteiger partial charge is 0.355 e. The van der Waals surface area contributed by atoms with Crippen LogP contribution < -0.4 is 5.32 Å². The lowest BCUT2D eigenvalue weighted by Crippen LogP contribution is -2.46. The number of rotatable bonds is 3. The summed E-state index contributed by atoms with van der Waals surface area (Å²) in [7, 11) is 2.12. The Labute approximate surface area is 148 Å². The summed E-state index contributed by atoms with van der Waals surface area (Å²) >= 11 is 6.91. The number of likely N-dealkylation sites (N-methyl/N-ethyl adjacent to an activating group) is 1. The summed E-state index contributed by atoms with van der Waals surface area (Å²) in [5.41, 5.74) is 4.33. The van der Waals surface area contributed by atoms with Crippen molar-refractivity contribution >= 4 is 39.9 Å². The number of nitrogens with one attached hydrogen (secondary N) is 1. The van der Waals surface area contributed by atoms with Gasteiger partial charge in [0, 0.05) is 31.9 Å². The van der Waals surface area contributed by atoms with Crippen LogP contribution >= 0.6 is 24.0 Å². The first-order chi connectivity index (χ1) is 10.9. The van der Waals surface area contributed by atoms with Gasteiger partial charge in [0.15, 0.2) is 0 Å². The Morgan fingerprint density at radius 2 is 1.74 bits per heavy atom. The van der Waals surface area contributed by atoms with E-state index in [1.165, 1.54) is 17.3 Å². The molecule has 0 spiro atoms. The molecule has 0 aromatic heterocycles. The number of carbonyl (C=O) groups excluding carboxylic acids is 1. The highest BCUT2D eigenvalue weighted by Gasteiger charge is 2.17. The van der Waals surface area contributed by atoms with Crippen molar-refractivity contribution in [3.8, 4) is 0 Å². The molecule has 1 aromatic carbocycles. The number of amides is 1. The molecule has 1 aliphatic rings. The molecular formula is C17H25N3OS2. The Bertz CT molecular complexity index is 572. The van der Waals surface area contributed by atoms with Crippen molar-refractivity contribution in [2.75, 3.05) is 44.3 Å². The van der Waals surface area contributed by atoms with Gasteiger partial charge >= 0.3 is 0 Å². The van der Waals surface area contributed by atoms with E-state index in [9.17, 15) is 4.79 Å². The number of thioether (sulfide) groups is 1. The summed E-state index contributed by atoms with van der Waals surface area (Å²) in [6.07, 6.45) is 0. The molecule has 0 radical (unpaired) electrons. The zero-order chi connectivity index (χ0) is 17.0. The maximum atomic E-state index is 12.2. The minimum Gasteiger partial charge on any atom is -0.355 e. The molecule has 1 aliphatic heterocycles. The maximum absolute atomic E-state index is 12.2. The van der Waals surface area contributed by atoms with E-state index in [4.69, 9.17) is 12.2 Å². The maximum Gasteiger partial charge on any atom is 0.234 e. The fourth-order valence-electron chi connectivity index (χ4n) is 2.76. The van der Waals surface area contributed by atoms with E-state index < -0.39 is 0 Å². The molecule has 1 saturated heterocycles. The number of piperazine rings is 1. The third-order valence-corrected chi connectivity index (χ3v) is 5.55. The van der Waals surface area contributed by atoms with Crippen molar-refractivity contribution in [1.29, 1.82) is 0 Å². The Kier molecular flexibility index (Phi) is 6.44. The van der Waals surface area contributed by atoms with Crippen molar-refractivity contribution in [3.63, 3.8) is 0 Å². The molecule has 0 unspecified atom stereocenters. The van der Waals surface area contributed by atoms with Gasteiger partial charge in [0.25, 0.3) is 0 Å². The Morgan fingerprint density at radius 1 is 1.17 bits per heavy atom. The number of aryl methyl sites for hydroxylation is 3. The summed E-state index contributed by atoms with van der Waals surface area (Å²) in [6.45, 7) is 10.1. The minimum absolute atomic E-state index is 0.00142. The predicted octanol–water partition coefficient (Wildman–Crippen LogP) is 2.82. The quantitative estimate of drug-likeness (QED) is 0.848. The SMILES string of the molecule is Cc1cc(C)c(NC(=O)CSC(=S)N2CCN(C)CC2)c(C)c1. The van der Waals surface area contributed by atoms with Crippen LogP contribution in [0.1, 0.15) is 16.7 Å². The fourth-order valence-corrected chi connectivity index (χ4v) is 3.81. The summed E-state index contributed by atoms with van der Waals surface area (Å²) in [5, 5.41) is 3.02. The smallest absolute Gasteiger partial charge is 0.234 e. The number of hydrogen-bond donors (Lipinski definition) is 1. The number of nitrogens with zero attached hydrogens (tertiary/aromatic N) is 2. The van der Waals surface area contributed by atoms with Crippen LogP contribution in [0.2, 0.25) is 0 Å². The van der Waals surface area contributed by atoms with Crippen LogP contribution in [-0.2, 0) is 4.79 Å². The second-order valence-electron chi connectivity index (χ2n) is 6.17. The number of hydrogen-bond acceptors (Lipinski definition) is 4. The van der Waals surface area contributed by atoms with Gasteiger partial charge in [-0.3, -0.25) is 4.79 Å². The zero-order valence-corrected chi connectivity index (χ0v) is 15.9. The van der Waals surface area contributed by atoms with Crippen LogP contribution in [-0.4, -0.2) is 59.0 Å².